The van der Waals surface area contributed by atoms with Crippen LogP contribution in [-0.4, -0.2) is 39.9 Å². The summed E-state index contributed by atoms with van der Waals surface area (Å²) in [5, 5.41) is 9.26. The van der Waals surface area contributed by atoms with Gasteiger partial charge in [0.2, 0.25) is 5.91 Å². The van der Waals surface area contributed by atoms with Crippen molar-refractivity contribution in [1.82, 2.24) is 20.1 Å². The van der Waals surface area contributed by atoms with Crippen LogP contribution in [0.3, 0.4) is 0 Å². The standard InChI is InChI=1S/C15H16F3N5O/c16-15(17,18)12-8-20-7-11(12)14(24)21-13-3-6-23(22-13)9-10-1-4-19-5-2-10/h1-6,11-12,20H,7-9H2,(H,21,22,24)/t11-,12-/m1/s1. The maximum absolute atomic E-state index is 12.9. The van der Waals surface area contributed by atoms with Gasteiger partial charge >= 0.3 is 6.18 Å². The van der Waals surface area contributed by atoms with Gasteiger partial charge in [-0.05, 0) is 17.7 Å². The maximum Gasteiger partial charge on any atom is 0.393 e. The Bertz CT molecular complexity index is 701. The van der Waals surface area contributed by atoms with E-state index in [1.165, 1.54) is 0 Å². The van der Waals surface area contributed by atoms with Gasteiger partial charge in [0.1, 0.15) is 0 Å². The predicted octanol–water partition coefficient (Wildman–Crippen LogP) is 1.66. The zero-order valence-electron chi connectivity index (χ0n) is 12.6. The molecule has 9 heteroatoms. The zero-order chi connectivity index (χ0) is 17.2. The molecule has 0 saturated carbocycles. The quantitative estimate of drug-likeness (QED) is 0.889. The van der Waals surface area contributed by atoms with Crippen molar-refractivity contribution >= 4 is 11.7 Å². The molecule has 128 valence electrons. The van der Waals surface area contributed by atoms with Crippen LogP contribution < -0.4 is 10.6 Å². The topological polar surface area (TPSA) is 71.8 Å². The van der Waals surface area contributed by atoms with Crippen LogP contribution in [0, 0.1) is 11.8 Å². The fraction of sp³-hybridized carbons (Fsp3) is 0.400. The third-order valence-electron chi connectivity index (χ3n) is 3.96. The molecule has 1 aliphatic heterocycles. The normalized spacial score (nSPS) is 21.0. The average Bonchev–Trinajstić information content (AvgIpc) is 3.17. The molecule has 3 heterocycles. The van der Waals surface area contributed by atoms with E-state index in [0.29, 0.717) is 6.54 Å². The van der Waals surface area contributed by atoms with Crippen LogP contribution in [-0.2, 0) is 11.3 Å². The second-order valence-corrected chi connectivity index (χ2v) is 5.66. The highest BCUT2D eigenvalue weighted by Crippen LogP contribution is 2.34. The Morgan fingerprint density at radius 3 is 2.75 bits per heavy atom. The van der Waals surface area contributed by atoms with Crippen molar-refractivity contribution < 1.29 is 18.0 Å². The third-order valence-corrected chi connectivity index (χ3v) is 3.96. The summed E-state index contributed by atoms with van der Waals surface area (Å²) in [6, 6.07) is 5.22. The molecule has 0 spiro atoms. The Balaban J connectivity index is 1.63. The van der Waals surface area contributed by atoms with E-state index in [1.807, 2.05) is 12.1 Å². The number of nitrogens with one attached hydrogen (secondary N) is 2. The van der Waals surface area contributed by atoms with Gasteiger partial charge in [-0.15, -0.1) is 0 Å². The van der Waals surface area contributed by atoms with Crippen LogP contribution in [0.1, 0.15) is 5.56 Å². The van der Waals surface area contributed by atoms with Gasteiger partial charge in [-0.3, -0.25) is 14.5 Å². The van der Waals surface area contributed by atoms with E-state index in [4.69, 9.17) is 0 Å². The molecule has 0 bridgehead atoms. The zero-order valence-corrected chi connectivity index (χ0v) is 12.6. The molecular formula is C15H16F3N5O. The van der Waals surface area contributed by atoms with E-state index in [2.05, 4.69) is 20.7 Å². The molecule has 2 atom stereocenters. The van der Waals surface area contributed by atoms with Gasteiger partial charge < -0.3 is 10.6 Å². The summed E-state index contributed by atoms with van der Waals surface area (Å²) in [4.78, 5) is 16.0. The van der Waals surface area contributed by atoms with Crippen LogP contribution in [0.5, 0.6) is 0 Å². The Kier molecular flexibility index (Phi) is 4.52. The number of anilines is 1. The fourth-order valence-corrected chi connectivity index (χ4v) is 2.71. The first-order chi connectivity index (χ1) is 11.4. The van der Waals surface area contributed by atoms with E-state index < -0.39 is 23.9 Å². The van der Waals surface area contributed by atoms with Crippen molar-refractivity contribution in [3.63, 3.8) is 0 Å². The molecule has 2 N–H and O–H groups in total. The molecule has 0 unspecified atom stereocenters. The minimum absolute atomic E-state index is 0.00767. The number of pyridine rings is 1. The highest BCUT2D eigenvalue weighted by Gasteiger charge is 2.49. The molecular weight excluding hydrogens is 323 g/mol. The predicted molar refractivity (Wildman–Crippen MR) is 80.1 cm³/mol. The van der Waals surface area contributed by atoms with E-state index in [0.717, 1.165) is 5.56 Å². The van der Waals surface area contributed by atoms with Gasteiger partial charge in [-0.1, -0.05) is 0 Å². The Hall–Kier alpha value is -2.42. The molecule has 1 aliphatic rings. The van der Waals surface area contributed by atoms with Crippen LogP contribution in [0.4, 0.5) is 19.0 Å². The Morgan fingerprint density at radius 2 is 2.04 bits per heavy atom. The van der Waals surface area contributed by atoms with E-state index in [-0.39, 0.29) is 18.9 Å². The van der Waals surface area contributed by atoms with Gasteiger partial charge in [0.25, 0.3) is 0 Å². The van der Waals surface area contributed by atoms with Crippen molar-refractivity contribution in [2.75, 3.05) is 18.4 Å². The number of halogens is 3. The number of amides is 1. The van der Waals surface area contributed by atoms with Gasteiger partial charge in [-0.2, -0.15) is 18.3 Å². The molecule has 6 nitrogen and oxygen atoms in total. The Morgan fingerprint density at radius 1 is 1.29 bits per heavy atom. The third kappa shape index (κ3) is 3.73. The molecule has 1 amide bonds. The molecule has 0 aromatic carbocycles. The summed E-state index contributed by atoms with van der Waals surface area (Å²) in [5.41, 5.74) is 0.975. The molecule has 1 saturated heterocycles. The largest absolute Gasteiger partial charge is 0.393 e. The van der Waals surface area contributed by atoms with Crippen LogP contribution in [0.2, 0.25) is 0 Å². The molecule has 0 aliphatic carbocycles. The summed E-state index contributed by atoms with van der Waals surface area (Å²) in [5.74, 6) is -3.25. The van der Waals surface area contributed by atoms with E-state index in [9.17, 15) is 18.0 Å². The smallest absolute Gasteiger partial charge is 0.315 e. The van der Waals surface area contributed by atoms with E-state index >= 15 is 0 Å². The minimum atomic E-state index is -4.40. The molecule has 0 radical (unpaired) electrons. The number of alkyl halides is 3. The maximum atomic E-state index is 12.9. The highest BCUT2D eigenvalue weighted by molar-refractivity contribution is 5.92. The van der Waals surface area contributed by atoms with Crippen LogP contribution >= 0.6 is 0 Å². The summed E-state index contributed by atoms with van der Waals surface area (Å²) in [6.45, 7) is 0.250. The number of hydrogen-bond donors (Lipinski definition) is 2. The van der Waals surface area contributed by atoms with Crippen LogP contribution in [0.25, 0.3) is 0 Å². The van der Waals surface area contributed by atoms with Crippen LogP contribution in [0.15, 0.2) is 36.8 Å². The number of hydrogen-bond acceptors (Lipinski definition) is 4. The van der Waals surface area contributed by atoms with E-state index in [1.54, 1.807) is 29.3 Å². The molecule has 24 heavy (non-hydrogen) atoms. The second kappa shape index (κ2) is 6.60. The lowest BCUT2D eigenvalue weighted by atomic mass is 9.94. The number of rotatable bonds is 4. The highest BCUT2D eigenvalue weighted by atomic mass is 19.4. The molecule has 1 fully saturated rings. The van der Waals surface area contributed by atoms with Crippen molar-refractivity contribution in [2.24, 2.45) is 11.8 Å². The van der Waals surface area contributed by atoms with Crippen molar-refractivity contribution in [1.29, 1.82) is 0 Å². The molecule has 2 aromatic rings. The second-order valence-electron chi connectivity index (χ2n) is 5.66. The lowest BCUT2D eigenvalue weighted by Crippen LogP contribution is -2.36. The van der Waals surface area contributed by atoms with Gasteiger partial charge in [0.05, 0.1) is 18.4 Å². The minimum Gasteiger partial charge on any atom is -0.315 e. The van der Waals surface area contributed by atoms with Gasteiger partial charge in [0, 0.05) is 37.7 Å². The number of nitrogens with zero attached hydrogens (tertiary/aromatic N) is 3. The number of aromatic nitrogens is 3. The molecule has 2 aromatic heterocycles. The first-order valence-corrected chi connectivity index (χ1v) is 7.44. The Labute approximate surface area is 136 Å². The summed E-state index contributed by atoms with van der Waals surface area (Å²) in [7, 11) is 0. The van der Waals surface area contributed by atoms with Gasteiger partial charge in [-0.25, -0.2) is 0 Å². The number of carbonyl (C=O) groups excluding carboxylic acids is 1. The molecule has 3 rings (SSSR count). The lowest BCUT2D eigenvalue weighted by Gasteiger charge is -2.20. The van der Waals surface area contributed by atoms with Gasteiger partial charge in [0.15, 0.2) is 5.82 Å². The fourth-order valence-electron chi connectivity index (χ4n) is 2.71. The summed E-state index contributed by atoms with van der Waals surface area (Å²) in [6.07, 6.45) is 0.578. The van der Waals surface area contributed by atoms with Crippen molar-refractivity contribution in [2.45, 2.75) is 12.7 Å². The number of carbonyl (C=O) groups is 1. The lowest BCUT2D eigenvalue weighted by molar-refractivity contribution is -0.181. The summed E-state index contributed by atoms with van der Waals surface area (Å²) >= 11 is 0. The SMILES string of the molecule is O=C(Nc1ccn(Cc2ccncc2)n1)[C@@H]1CNC[C@H]1C(F)(F)F. The van der Waals surface area contributed by atoms with Crippen molar-refractivity contribution in [3.05, 3.63) is 42.4 Å². The monoisotopic (exact) mass is 339 g/mol. The first-order valence-electron chi connectivity index (χ1n) is 7.44. The first kappa shape index (κ1) is 16.4. The van der Waals surface area contributed by atoms with Crippen molar-refractivity contribution in [3.8, 4) is 0 Å². The average molecular weight is 339 g/mol. The summed E-state index contributed by atoms with van der Waals surface area (Å²) < 4.78 is 40.3.